The molecule has 0 aliphatic carbocycles. The van der Waals surface area contributed by atoms with E-state index in [2.05, 4.69) is 171 Å². The summed E-state index contributed by atoms with van der Waals surface area (Å²) in [7, 11) is 0. The van der Waals surface area contributed by atoms with Gasteiger partial charge in [0.05, 0.1) is 27.9 Å². The lowest BCUT2D eigenvalue weighted by atomic mass is 9.72. The molecule has 0 N–H and O–H groups in total. The van der Waals surface area contributed by atoms with Crippen LogP contribution >= 0.6 is 0 Å². The number of pyridine rings is 1. The van der Waals surface area contributed by atoms with E-state index >= 15 is 0 Å². The second kappa shape index (κ2) is 11.3. The van der Waals surface area contributed by atoms with Gasteiger partial charge in [-0.2, -0.15) is 0 Å². The van der Waals surface area contributed by atoms with Gasteiger partial charge in [0.15, 0.2) is 0 Å². The maximum atomic E-state index is 6.27. The summed E-state index contributed by atoms with van der Waals surface area (Å²) in [4.78, 5) is 12.5. The van der Waals surface area contributed by atoms with Gasteiger partial charge in [0.2, 0.25) is 5.90 Å². The summed E-state index contributed by atoms with van der Waals surface area (Å²) in [6, 6.07) is 30.0. The van der Waals surface area contributed by atoms with Crippen molar-refractivity contribution in [1.29, 1.82) is 0 Å². The third-order valence-electron chi connectivity index (χ3n) is 11.1. The van der Waals surface area contributed by atoms with Gasteiger partial charge in [-0.05, 0) is 121 Å². The van der Waals surface area contributed by atoms with Gasteiger partial charge >= 0.3 is 0 Å². The molecule has 0 amide bonds. The van der Waals surface area contributed by atoms with Crippen LogP contribution in [-0.4, -0.2) is 27.6 Å². The first kappa shape index (κ1) is 34.2. The predicted molar refractivity (Wildman–Crippen MR) is 219 cm³/mol. The van der Waals surface area contributed by atoms with Gasteiger partial charge in [-0.1, -0.05) is 84.7 Å². The fourth-order valence-electron chi connectivity index (χ4n) is 8.04. The Hall–Kier alpha value is -4.90. The molecule has 0 bridgehead atoms. The maximum absolute atomic E-state index is 6.27. The average Bonchev–Trinajstić information content (AvgIpc) is 3.59. The minimum atomic E-state index is -0.255. The van der Waals surface area contributed by atoms with Crippen molar-refractivity contribution in [3.8, 4) is 5.82 Å². The number of fused-ring (bicyclic) bond motifs is 5. The van der Waals surface area contributed by atoms with Crippen LogP contribution in [0, 0.1) is 13.8 Å². The van der Waals surface area contributed by atoms with Crippen LogP contribution in [0.4, 0.5) is 17.1 Å². The van der Waals surface area contributed by atoms with Crippen molar-refractivity contribution in [3.05, 3.63) is 124 Å². The highest BCUT2D eigenvalue weighted by Gasteiger charge is 2.39. The topological polar surface area (TPSA) is 42.7 Å². The third-order valence-corrected chi connectivity index (χ3v) is 11.1. The number of nitrogens with zero attached hydrogens (tertiary/aromatic N) is 4. The molecule has 2 aromatic heterocycles. The van der Waals surface area contributed by atoms with Crippen molar-refractivity contribution in [2.75, 3.05) is 11.5 Å². The zero-order chi connectivity index (χ0) is 37.1. The van der Waals surface area contributed by atoms with Gasteiger partial charge in [-0.15, -0.1) is 0 Å². The van der Waals surface area contributed by atoms with Crippen LogP contribution in [0.25, 0.3) is 27.6 Å². The standard InChI is InChI=1S/C47H52N4O/c1-28-13-15-38-34(19-28)35-25-37-41(26-40(35)51(38)42-24-31(17-18-48-42)44(3,4)5)50(39-16-14-29(2)20-36(39)47(37,11)12)33-22-30(21-32(23-33)45(6,7)8)43-49-46(9,10)27-52-43/h13-26H,27H2,1-12H3. The quantitative estimate of drug-likeness (QED) is 0.186. The second-order valence-corrected chi connectivity index (χ2v) is 18.4. The second-order valence-electron chi connectivity index (χ2n) is 18.4. The molecule has 0 saturated carbocycles. The first-order valence-corrected chi connectivity index (χ1v) is 18.7. The van der Waals surface area contributed by atoms with E-state index in [4.69, 9.17) is 14.7 Å². The first-order valence-electron chi connectivity index (χ1n) is 18.7. The Labute approximate surface area is 309 Å². The molecule has 52 heavy (non-hydrogen) atoms. The smallest absolute Gasteiger partial charge is 0.216 e. The Balaban J connectivity index is 1.47. The van der Waals surface area contributed by atoms with E-state index in [0.717, 1.165) is 34.0 Å². The number of rotatable bonds is 3. The number of aryl methyl sites for hydroxylation is 2. The Kier molecular flexibility index (Phi) is 7.43. The van der Waals surface area contributed by atoms with Crippen molar-refractivity contribution >= 4 is 44.8 Å². The lowest BCUT2D eigenvalue weighted by Gasteiger charge is -2.42. The monoisotopic (exact) mass is 688 g/mol. The van der Waals surface area contributed by atoms with E-state index in [1.54, 1.807) is 0 Å². The lowest BCUT2D eigenvalue weighted by molar-refractivity contribution is 0.279. The molecule has 2 aliphatic heterocycles. The van der Waals surface area contributed by atoms with Crippen molar-refractivity contribution in [1.82, 2.24) is 9.55 Å². The summed E-state index contributed by atoms with van der Waals surface area (Å²) in [6.45, 7) is 27.6. The molecule has 0 atom stereocenters. The highest BCUT2D eigenvalue weighted by Crippen LogP contribution is 2.54. The van der Waals surface area contributed by atoms with E-state index in [-0.39, 0.29) is 21.8 Å². The van der Waals surface area contributed by atoms with E-state index in [1.165, 1.54) is 55.5 Å². The number of hydrogen-bond acceptors (Lipinski definition) is 4. The molecule has 6 aromatic rings. The van der Waals surface area contributed by atoms with Crippen molar-refractivity contribution in [3.63, 3.8) is 0 Å². The fraction of sp³-hybridized carbons (Fsp3) is 0.362. The Morgan fingerprint density at radius 3 is 2.02 bits per heavy atom. The molecule has 5 heteroatoms. The molecule has 8 rings (SSSR count). The fourth-order valence-corrected chi connectivity index (χ4v) is 8.04. The SMILES string of the molecule is Cc1ccc2c(c1)C(C)(C)c1cc3c4cc(C)ccc4n(-c4cc(C(C)(C)C)ccn4)c3cc1N2c1cc(C2=NC(C)(C)CO2)cc(C(C)(C)C)c1. The molecule has 2 aliphatic rings. The van der Waals surface area contributed by atoms with Crippen molar-refractivity contribution in [2.45, 2.75) is 105 Å². The van der Waals surface area contributed by atoms with Crippen LogP contribution in [-0.2, 0) is 21.0 Å². The normalized spacial score (nSPS) is 16.5. The first-order chi connectivity index (χ1) is 24.3. The lowest BCUT2D eigenvalue weighted by Crippen LogP contribution is -2.31. The summed E-state index contributed by atoms with van der Waals surface area (Å²) in [5.41, 5.74) is 13.8. The highest BCUT2D eigenvalue weighted by molar-refractivity contribution is 6.11. The summed E-state index contributed by atoms with van der Waals surface area (Å²) in [5.74, 6) is 1.65. The molecule has 0 fully saturated rings. The van der Waals surface area contributed by atoms with Crippen LogP contribution in [0.3, 0.4) is 0 Å². The number of ether oxygens (including phenoxy) is 1. The Bertz CT molecular complexity index is 2460. The van der Waals surface area contributed by atoms with Crippen LogP contribution in [0.2, 0.25) is 0 Å². The van der Waals surface area contributed by atoms with Gasteiger partial charge in [0.1, 0.15) is 12.4 Å². The van der Waals surface area contributed by atoms with E-state index < -0.39 is 0 Å². The molecule has 266 valence electrons. The molecular formula is C47H52N4O. The van der Waals surface area contributed by atoms with Gasteiger partial charge < -0.3 is 9.64 Å². The Morgan fingerprint density at radius 1 is 0.654 bits per heavy atom. The number of hydrogen-bond donors (Lipinski definition) is 0. The minimum absolute atomic E-state index is 0.00676. The zero-order valence-corrected chi connectivity index (χ0v) is 33.0. The largest absolute Gasteiger partial charge is 0.475 e. The van der Waals surface area contributed by atoms with Gasteiger partial charge in [0, 0.05) is 33.6 Å². The number of anilines is 3. The molecule has 0 unspecified atom stereocenters. The van der Waals surface area contributed by atoms with E-state index in [0.29, 0.717) is 6.61 Å². The highest BCUT2D eigenvalue weighted by atomic mass is 16.5. The zero-order valence-electron chi connectivity index (χ0n) is 33.0. The van der Waals surface area contributed by atoms with Crippen LogP contribution < -0.4 is 4.90 Å². The summed E-state index contributed by atoms with van der Waals surface area (Å²) in [5, 5.41) is 2.48. The molecule has 0 spiro atoms. The predicted octanol–water partition coefficient (Wildman–Crippen LogP) is 12.1. The van der Waals surface area contributed by atoms with Gasteiger partial charge in [-0.3, -0.25) is 4.57 Å². The summed E-state index contributed by atoms with van der Waals surface area (Å²) in [6.07, 6.45) is 1.96. The summed E-state index contributed by atoms with van der Waals surface area (Å²) >= 11 is 0. The van der Waals surface area contributed by atoms with Gasteiger partial charge in [0.25, 0.3) is 0 Å². The summed E-state index contributed by atoms with van der Waals surface area (Å²) < 4.78 is 8.64. The van der Waals surface area contributed by atoms with Crippen molar-refractivity contribution < 1.29 is 4.74 Å². The van der Waals surface area contributed by atoms with Crippen LogP contribution in [0.5, 0.6) is 0 Å². The molecule has 5 nitrogen and oxygen atoms in total. The van der Waals surface area contributed by atoms with E-state index in [1.807, 2.05) is 6.20 Å². The maximum Gasteiger partial charge on any atom is 0.216 e. The third kappa shape index (κ3) is 5.52. The molecule has 4 heterocycles. The van der Waals surface area contributed by atoms with Gasteiger partial charge in [-0.25, -0.2) is 9.98 Å². The molecule has 0 radical (unpaired) electrons. The molecule has 4 aromatic carbocycles. The van der Waals surface area contributed by atoms with Crippen LogP contribution in [0.1, 0.15) is 108 Å². The number of aliphatic imine (C=N–C) groups is 1. The van der Waals surface area contributed by atoms with E-state index in [9.17, 15) is 0 Å². The Morgan fingerprint density at radius 2 is 1.33 bits per heavy atom. The van der Waals surface area contributed by atoms with Crippen LogP contribution in [0.15, 0.2) is 90.1 Å². The molecule has 0 saturated heterocycles. The molecular weight excluding hydrogens is 637 g/mol. The number of aromatic nitrogens is 2. The van der Waals surface area contributed by atoms with Crippen molar-refractivity contribution in [2.24, 2.45) is 4.99 Å². The average molecular weight is 689 g/mol. The number of benzene rings is 4. The minimum Gasteiger partial charge on any atom is -0.475 e.